The smallest absolute Gasteiger partial charge is 0.279 e. The fourth-order valence-corrected chi connectivity index (χ4v) is 7.00. The van der Waals surface area contributed by atoms with Gasteiger partial charge in [0.05, 0.1) is 21.7 Å². The number of hydrogen-bond acceptors (Lipinski definition) is 5. The van der Waals surface area contributed by atoms with Gasteiger partial charge in [-0.2, -0.15) is 9.30 Å². The van der Waals surface area contributed by atoms with Crippen LogP contribution in [0.2, 0.25) is 0 Å². The second kappa shape index (κ2) is 10.7. The lowest BCUT2D eigenvalue weighted by Crippen LogP contribution is -2.41. The number of ether oxygens (including phenoxy) is 1. The van der Waals surface area contributed by atoms with Gasteiger partial charge in [-0.15, -0.1) is 0 Å². The second-order valence-electron chi connectivity index (χ2n) is 8.37. The van der Waals surface area contributed by atoms with Gasteiger partial charge in [-0.05, 0) is 57.0 Å². The number of halogens is 2. The minimum absolute atomic E-state index is 0.0737. The van der Waals surface area contributed by atoms with Crippen molar-refractivity contribution in [2.75, 3.05) is 19.8 Å². The summed E-state index contributed by atoms with van der Waals surface area (Å²) in [6.45, 7) is 5.17. The molecule has 7 nitrogen and oxygen atoms in total. The molecular formula is C24H27F2N3O4S2. The molecule has 2 heterocycles. The number of amides is 1. The summed E-state index contributed by atoms with van der Waals surface area (Å²) in [5.41, 5.74) is 0.343. The van der Waals surface area contributed by atoms with E-state index in [-0.39, 0.29) is 40.0 Å². The second-order valence-corrected chi connectivity index (χ2v) is 11.3. The molecule has 1 unspecified atom stereocenters. The monoisotopic (exact) mass is 523 g/mol. The van der Waals surface area contributed by atoms with Gasteiger partial charge in [0.2, 0.25) is 10.0 Å². The van der Waals surface area contributed by atoms with Gasteiger partial charge >= 0.3 is 0 Å². The van der Waals surface area contributed by atoms with Crippen molar-refractivity contribution in [3.8, 4) is 0 Å². The Morgan fingerprint density at radius 2 is 1.94 bits per heavy atom. The van der Waals surface area contributed by atoms with Crippen LogP contribution >= 0.6 is 11.3 Å². The number of fused-ring (bicyclic) bond motifs is 1. The van der Waals surface area contributed by atoms with Crippen molar-refractivity contribution in [1.29, 1.82) is 0 Å². The highest BCUT2D eigenvalue weighted by atomic mass is 32.2. The number of sulfonamides is 1. The molecule has 1 amide bonds. The molecule has 0 spiro atoms. The zero-order valence-electron chi connectivity index (χ0n) is 19.5. The van der Waals surface area contributed by atoms with Crippen molar-refractivity contribution >= 4 is 37.5 Å². The van der Waals surface area contributed by atoms with Crippen LogP contribution in [0.4, 0.5) is 8.78 Å². The van der Waals surface area contributed by atoms with E-state index in [1.165, 1.54) is 39.2 Å². The molecule has 11 heteroatoms. The highest BCUT2D eigenvalue weighted by Gasteiger charge is 2.31. The van der Waals surface area contributed by atoms with Crippen LogP contribution in [-0.2, 0) is 21.3 Å². The molecule has 0 saturated carbocycles. The number of piperidine rings is 1. The van der Waals surface area contributed by atoms with Crippen LogP contribution in [0.15, 0.2) is 46.3 Å². The first-order chi connectivity index (χ1) is 16.7. The zero-order chi connectivity index (χ0) is 25.2. The van der Waals surface area contributed by atoms with E-state index in [0.29, 0.717) is 17.9 Å². The number of carbonyl (C=O) groups is 1. The lowest BCUT2D eigenvalue weighted by molar-refractivity contribution is 0.0996. The molecule has 2 aromatic carbocycles. The van der Waals surface area contributed by atoms with Crippen molar-refractivity contribution in [2.24, 2.45) is 4.99 Å². The van der Waals surface area contributed by atoms with E-state index in [0.717, 1.165) is 36.7 Å². The number of thiazole rings is 1. The SMILES string of the molecule is CCOCCn1c(=NC(=O)c2ccc(S(=O)(=O)N3CCCCC3C)cc2)sc2cc(F)cc(F)c21. The van der Waals surface area contributed by atoms with Crippen LogP contribution in [0.5, 0.6) is 0 Å². The van der Waals surface area contributed by atoms with Crippen molar-refractivity contribution in [3.05, 3.63) is 58.4 Å². The average Bonchev–Trinajstić information content (AvgIpc) is 3.16. The Balaban J connectivity index is 1.66. The van der Waals surface area contributed by atoms with Crippen molar-refractivity contribution in [3.63, 3.8) is 0 Å². The topological polar surface area (TPSA) is 81.0 Å². The summed E-state index contributed by atoms with van der Waals surface area (Å²) in [4.78, 5) is 17.4. The van der Waals surface area contributed by atoms with E-state index in [2.05, 4.69) is 4.99 Å². The summed E-state index contributed by atoms with van der Waals surface area (Å²) in [5.74, 6) is -2.08. The van der Waals surface area contributed by atoms with Gasteiger partial charge in [-0.25, -0.2) is 17.2 Å². The van der Waals surface area contributed by atoms with Crippen molar-refractivity contribution in [1.82, 2.24) is 8.87 Å². The molecule has 1 fully saturated rings. The molecular weight excluding hydrogens is 496 g/mol. The van der Waals surface area contributed by atoms with Crippen molar-refractivity contribution < 1.29 is 26.7 Å². The summed E-state index contributed by atoms with van der Waals surface area (Å²) in [6.07, 6.45) is 2.64. The van der Waals surface area contributed by atoms with Gasteiger partial charge in [0.25, 0.3) is 5.91 Å². The van der Waals surface area contributed by atoms with Crippen LogP contribution < -0.4 is 4.80 Å². The maximum absolute atomic E-state index is 14.5. The third-order valence-electron chi connectivity index (χ3n) is 6.01. The van der Waals surface area contributed by atoms with Crippen molar-refractivity contribution in [2.45, 2.75) is 50.6 Å². The molecule has 188 valence electrons. The fraction of sp³-hybridized carbons (Fsp3) is 0.417. The minimum Gasteiger partial charge on any atom is -0.380 e. The number of rotatable bonds is 7. The highest BCUT2D eigenvalue weighted by molar-refractivity contribution is 7.89. The van der Waals surface area contributed by atoms with E-state index >= 15 is 0 Å². The maximum Gasteiger partial charge on any atom is 0.279 e. The van der Waals surface area contributed by atoms with E-state index in [4.69, 9.17) is 4.74 Å². The number of aromatic nitrogens is 1. The Morgan fingerprint density at radius 3 is 2.63 bits per heavy atom. The van der Waals surface area contributed by atoms with E-state index in [9.17, 15) is 22.0 Å². The largest absolute Gasteiger partial charge is 0.380 e. The van der Waals surface area contributed by atoms with Crippen LogP contribution in [-0.4, -0.2) is 49.0 Å². The number of hydrogen-bond donors (Lipinski definition) is 0. The first kappa shape index (κ1) is 25.6. The van der Waals surface area contributed by atoms with Gasteiger partial charge in [-0.3, -0.25) is 4.79 Å². The zero-order valence-corrected chi connectivity index (χ0v) is 21.2. The fourth-order valence-electron chi connectivity index (χ4n) is 4.21. The lowest BCUT2D eigenvalue weighted by atomic mass is 10.1. The van der Waals surface area contributed by atoms with Crippen LogP contribution in [0.3, 0.4) is 0 Å². The first-order valence-electron chi connectivity index (χ1n) is 11.5. The predicted octanol–water partition coefficient (Wildman–Crippen LogP) is 4.32. The Hall–Kier alpha value is -2.47. The Kier molecular flexibility index (Phi) is 7.80. The molecule has 35 heavy (non-hydrogen) atoms. The normalized spacial score (nSPS) is 17.8. The summed E-state index contributed by atoms with van der Waals surface area (Å²) in [7, 11) is -3.66. The molecule has 0 aliphatic carbocycles. The van der Waals surface area contributed by atoms with Gasteiger partial charge in [-0.1, -0.05) is 17.8 Å². The van der Waals surface area contributed by atoms with Crippen LogP contribution in [0, 0.1) is 11.6 Å². The third-order valence-corrected chi connectivity index (χ3v) is 9.06. The summed E-state index contributed by atoms with van der Waals surface area (Å²) < 4.78 is 63.1. The minimum atomic E-state index is -3.66. The highest BCUT2D eigenvalue weighted by Crippen LogP contribution is 2.26. The Morgan fingerprint density at radius 1 is 1.20 bits per heavy atom. The number of carbonyl (C=O) groups excluding carboxylic acids is 1. The van der Waals surface area contributed by atoms with Gasteiger partial charge in [0, 0.05) is 37.4 Å². The summed E-state index contributed by atoms with van der Waals surface area (Å²) in [6, 6.07) is 7.57. The first-order valence-corrected chi connectivity index (χ1v) is 13.7. The quantitative estimate of drug-likeness (QED) is 0.432. The lowest BCUT2D eigenvalue weighted by Gasteiger charge is -2.32. The third kappa shape index (κ3) is 5.37. The van der Waals surface area contributed by atoms with E-state index in [1.807, 2.05) is 13.8 Å². The molecule has 4 rings (SSSR count). The number of benzene rings is 2. The molecule has 0 N–H and O–H groups in total. The average molecular weight is 524 g/mol. The maximum atomic E-state index is 14.5. The Labute approximate surface area is 206 Å². The van der Waals surface area contributed by atoms with E-state index < -0.39 is 27.6 Å². The molecule has 1 aliphatic rings. The van der Waals surface area contributed by atoms with Gasteiger partial charge in [0.15, 0.2) is 10.6 Å². The predicted molar refractivity (Wildman–Crippen MR) is 130 cm³/mol. The molecule has 1 aliphatic heterocycles. The standard InChI is InChI=1S/C24H27F2N3O4S2/c1-3-33-13-12-28-22-20(26)14-18(25)15-21(22)34-24(28)27-23(30)17-7-9-19(10-8-17)35(31,32)29-11-5-4-6-16(29)2/h7-10,14-16H,3-6,11-13H2,1-2H3. The van der Waals surface area contributed by atoms with Gasteiger partial charge < -0.3 is 9.30 Å². The molecule has 1 aromatic heterocycles. The number of nitrogens with zero attached hydrogens (tertiary/aromatic N) is 3. The molecule has 0 radical (unpaired) electrons. The summed E-state index contributed by atoms with van der Waals surface area (Å²) >= 11 is 0.997. The van der Waals surface area contributed by atoms with Gasteiger partial charge in [0.1, 0.15) is 5.82 Å². The Bertz CT molecular complexity index is 1400. The molecule has 1 atom stereocenters. The van der Waals surface area contributed by atoms with Crippen LogP contribution in [0.25, 0.3) is 10.2 Å². The van der Waals surface area contributed by atoms with Crippen LogP contribution in [0.1, 0.15) is 43.5 Å². The van der Waals surface area contributed by atoms with E-state index in [1.54, 1.807) is 0 Å². The molecule has 3 aromatic rings. The molecule has 1 saturated heterocycles. The summed E-state index contributed by atoms with van der Waals surface area (Å²) in [5, 5.41) is 0. The molecule has 0 bridgehead atoms.